The van der Waals surface area contributed by atoms with Crippen molar-refractivity contribution in [2.75, 3.05) is 0 Å². The van der Waals surface area contributed by atoms with E-state index < -0.39 is 11.4 Å². The van der Waals surface area contributed by atoms with Gasteiger partial charge in [0.05, 0.1) is 0 Å². The minimum Gasteiger partial charge on any atom is -0.454 e. The number of H-pyrrole nitrogens is 1. The summed E-state index contributed by atoms with van der Waals surface area (Å²) in [4.78, 5) is 14.5. The standard InChI is InChI=1S/C19H13FN2O2/c1-12-10-15(16(11-21)19(23)22-12)14-8-5-9-17(18(14)20)24-13-6-3-2-4-7-13/h2-10H,1H3,(H,22,23). The number of nitrogens with zero attached hydrogens (tertiary/aromatic N) is 1. The average molecular weight is 320 g/mol. The molecule has 0 saturated carbocycles. The van der Waals surface area contributed by atoms with Gasteiger partial charge in [0.2, 0.25) is 0 Å². The highest BCUT2D eigenvalue weighted by atomic mass is 19.1. The zero-order valence-electron chi connectivity index (χ0n) is 12.8. The first-order valence-corrected chi connectivity index (χ1v) is 7.26. The molecule has 0 radical (unpaired) electrons. The summed E-state index contributed by atoms with van der Waals surface area (Å²) in [6, 6.07) is 16.9. The quantitative estimate of drug-likeness (QED) is 0.788. The number of aromatic nitrogens is 1. The molecule has 5 heteroatoms. The SMILES string of the molecule is Cc1cc(-c2cccc(Oc3ccccc3)c2F)c(C#N)c(=O)[nH]1. The van der Waals surface area contributed by atoms with Crippen LogP contribution in [-0.4, -0.2) is 4.98 Å². The van der Waals surface area contributed by atoms with Crippen molar-refractivity contribution < 1.29 is 9.13 Å². The number of aryl methyl sites for hydroxylation is 1. The molecule has 0 unspecified atom stereocenters. The summed E-state index contributed by atoms with van der Waals surface area (Å²) in [7, 11) is 0. The molecule has 24 heavy (non-hydrogen) atoms. The molecule has 118 valence electrons. The molecule has 1 heterocycles. The van der Waals surface area contributed by atoms with Crippen LogP contribution in [0.2, 0.25) is 0 Å². The topological polar surface area (TPSA) is 65.9 Å². The maximum absolute atomic E-state index is 14.9. The smallest absolute Gasteiger partial charge is 0.266 e. The van der Waals surface area contributed by atoms with E-state index in [1.807, 2.05) is 12.1 Å². The van der Waals surface area contributed by atoms with Crippen molar-refractivity contribution >= 4 is 0 Å². The molecule has 0 bridgehead atoms. The van der Waals surface area contributed by atoms with Gasteiger partial charge >= 0.3 is 0 Å². The molecule has 0 fully saturated rings. The largest absolute Gasteiger partial charge is 0.454 e. The number of para-hydroxylation sites is 1. The second-order valence-electron chi connectivity index (χ2n) is 5.21. The number of hydrogen-bond donors (Lipinski definition) is 1. The van der Waals surface area contributed by atoms with Crippen molar-refractivity contribution in [2.45, 2.75) is 6.92 Å². The molecule has 1 aromatic heterocycles. The molecule has 0 aliphatic rings. The molecule has 2 aromatic carbocycles. The molecule has 3 aromatic rings. The summed E-state index contributed by atoms with van der Waals surface area (Å²) < 4.78 is 20.4. The van der Waals surface area contributed by atoms with Crippen molar-refractivity contribution in [3.63, 3.8) is 0 Å². The molecule has 0 atom stereocenters. The molecule has 0 amide bonds. The minimum absolute atomic E-state index is 0.0283. The van der Waals surface area contributed by atoms with E-state index in [0.717, 1.165) is 0 Å². The normalized spacial score (nSPS) is 10.2. The van der Waals surface area contributed by atoms with E-state index in [0.29, 0.717) is 11.4 Å². The van der Waals surface area contributed by atoms with Gasteiger partial charge in [-0.15, -0.1) is 0 Å². The van der Waals surface area contributed by atoms with Crippen LogP contribution in [0, 0.1) is 24.1 Å². The van der Waals surface area contributed by atoms with Crippen molar-refractivity contribution in [3.05, 3.63) is 82.0 Å². The van der Waals surface area contributed by atoms with E-state index >= 15 is 0 Å². The van der Waals surface area contributed by atoms with Crippen LogP contribution in [-0.2, 0) is 0 Å². The lowest BCUT2D eigenvalue weighted by atomic mass is 10.0. The summed E-state index contributed by atoms with van der Waals surface area (Å²) >= 11 is 0. The highest BCUT2D eigenvalue weighted by Crippen LogP contribution is 2.32. The Morgan fingerprint density at radius 2 is 1.83 bits per heavy atom. The van der Waals surface area contributed by atoms with E-state index in [9.17, 15) is 14.4 Å². The van der Waals surface area contributed by atoms with Gasteiger partial charge in [-0.3, -0.25) is 4.79 Å². The fourth-order valence-electron chi connectivity index (χ4n) is 2.43. The monoisotopic (exact) mass is 320 g/mol. The maximum atomic E-state index is 14.9. The summed E-state index contributed by atoms with van der Waals surface area (Å²) in [6.45, 7) is 1.67. The third-order valence-electron chi connectivity index (χ3n) is 3.50. The van der Waals surface area contributed by atoms with Crippen LogP contribution in [0.5, 0.6) is 11.5 Å². The molecule has 0 aliphatic heterocycles. The van der Waals surface area contributed by atoms with Crippen LogP contribution in [0.25, 0.3) is 11.1 Å². The lowest BCUT2D eigenvalue weighted by molar-refractivity contribution is 0.443. The molecule has 3 rings (SSSR count). The Bertz CT molecular complexity index is 988. The van der Waals surface area contributed by atoms with Gasteiger partial charge < -0.3 is 9.72 Å². The second-order valence-corrected chi connectivity index (χ2v) is 5.21. The van der Waals surface area contributed by atoms with E-state index in [4.69, 9.17) is 4.74 Å². The second kappa shape index (κ2) is 6.39. The average Bonchev–Trinajstić information content (AvgIpc) is 2.57. The van der Waals surface area contributed by atoms with Crippen molar-refractivity contribution in [1.82, 2.24) is 4.98 Å². The Hall–Kier alpha value is -3.39. The Labute approximate surface area is 137 Å². The third kappa shape index (κ3) is 2.90. The molecule has 1 N–H and O–H groups in total. The van der Waals surface area contributed by atoms with Gasteiger partial charge in [-0.05, 0) is 31.2 Å². The first kappa shape index (κ1) is 15.5. The summed E-state index contributed by atoms with van der Waals surface area (Å²) in [5.41, 5.74) is 0.268. The lowest BCUT2D eigenvalue weighted by Gasteiger charge is -2.11. The van der Waals surface area contributed by atoms with Crippen molar-refractivity contribution in [2.24, 2.45) is 0 Å². The predicted octanol–water partition coefficient (Wildman–Crippen LogP) is 4.15. The van der Waals surface area contributed by atoms with Gasteiger partial charge in [0.25, 0.3) is 5.56 Å². The van der Waals surface area contributed by atoms with Crippen LogP contribution >= 0.6 is 0 Å². The predicted molar refractivity (Wildman–Crippen MR) is 88.4 cm³/mol. The Morgan fingerprint density at radius 1 is 1.08 bits per heavy atom. The number of aromatic amines is 1. The molecule has 0 spiro atoms. The first-order chi connectivity index (χ1) is 11.6. The fourth-order valence-corrected chi connectivity index (χ4v) is 2.43. The fraction of sp³-hybridized carbons (Fsp3) is 0.0526. The van der Waals surface area contributed by atoms with Crippen molar-refractivity contribution in [1.29, 1.82) is 5.26 Å². The zero-order valence-corrected chi connectivity index (χ0v) is 12.8. The number of benzene rings is 2. The molecule has 4 nitrogen and oxygen atoms in total. The number of nitriles is 1. The van der Waals surface area contributed by atoms with Crippen LogP contribution in [0.3, 0.4) is 0 Å². The van der Waals surface area contributed by atoms with Gasteiger partial charge in [0, 0.05) is 16.8 Å². The van der Waals surface area contributed by atoms with Gasteiger partial charge in [0.15, 0.2) is 11.6 Å². The van der Waals surface area contributed by atoms with E-state index in [1.165, 1.54) is 12.1 Å². The Kier molecular flexibility index (Phi) is 4.13. The Balaban J connectivity index is 2.13. The first-order valence-electron chi connectivity index (χ1n) is 7.26. The van der Waals surface area contributed by atoms with Crippen LogP contribution in [0.1, 0.15) is 11.3 Å². The number of pyridine rings is 1. The highest BCUT2D eigenvalue weighted by Gasteiger charge is 2.17. The van der Waals surface area contributed by atoms with Crippen LogP contribution < -0.4 is 10.3 Å². The summed E-state index contributed by atoms with van der Waals surface area (Å²) in [5.74, 6) is -0.0977. The van der Waals surface area contributed by atoms with E-state index in [1.54, 1.807) is 43.3 Å². The number of hydrogen-bond acceptors (Lipinski definition) is 3. The minimum atomic E-state index is -0.622. The summed E-state index contributed by atoms with van der Waals surface area (Å²) in [5, 5.41) is 9.22. The Morgan fingerprint density at radius 3 is 2.54 bits per heavy atom. The number of rotatable bonds is 3. The van der Waals surface area contributed by atoms with Crippen molar-refractivity contribution in [3.8, 4) is 28.7 Å². The van der Waals surface area contributed by atoms with Crippen LogP contribution in [0.15, 0.2) is 59.4 Å². The number of halogens is 1. The number of nitrogens with one attached hydrogen (secondary N) is 1. The number of ether oxygens (including phenoxy) is 1. The van der Waals surface area contributed by atoms with Gasteiger partial charge in [-0.2, -0.15) is 5.26 Å². The van der Waals surface area contributed by atoms with Gasteiger partial charge in [0.1, 0.15) is 17.4 Å². The third-order valence-corrected chi connectivity index (χ3v) is 3.50. The van der Waals surface area contributed by atoms with E-state index in [-0.39, 0.29) is 22.4 Å². The van der Waals surface area contributed by atoms with Gasteiger partial charge in [-0.1, -0.05) is 30.3 Å². The van der Waals surface area contributed by atoms with Crippen LogP contribution in [0.4, 0.5) is 4.39 Å². The van der Waals surface area contributed by atoms with Gasteiger partial charge in [-0.25, -0.2) is 4.39 Å². The highest BCUT2D eigenvalue weighted by molar-refractivity contribution is 5.72. The molecule has 0 saturated heterocycles. The summed E-state index contributed by atoms with van der Waals surface area (Å²) in [6.07, 6.45) is 0. The zero-order chi connectivity index (χ0) is 17.1. The molecule has 0 aliphatic carbocycles. The lowest BCUT2D eigenvalue weighted by Crippen LogP contribution is -2.13. The maximum Gasteiger partial charge on any atom is 0.266 e. The molecular formula is C19H13FN2O2. The van der Waals surface area contributed by atoms with E-state index in [2.05, 4.69) is 4.98 Å². The molecular weight excluding hydrogens is 307 g/mol.